The van der Waals surface area contributed by atoms with E-state index in [1.54, 1.807) is 0 Å². The molecule has 0 fully saturated rings. The van der Waals surface area contributed by atoms with Gasteiger partial charge in [0.05, 0.1) is 11.2 Å². The molecule has 0 aliphatic rings. The van der Waals surface area contributed by atoms with E-state index < -0.39 is 0 Å². The molecule has 1 aromatic carbocycles. The van der Waals surface area contributed by atoms with E-state index in [2.05, 4.69) is 41.4 Å². The van der Waals surface area contributed by atoms with Crippen molar-refractivity contribution >= 4 is 17.4 Å². The largest absolute Gasteiger partial charge is 0.224 e. The van der Waals surface area contributed by atoms with Crippen LogP contribution in [-0.2, 0) is 0 Å². The Morgan fingerprint density at radius 3 is 2.64 bits per heavy atom. The summed E-state index contributed by atoms with van der Waals surface area (Å²) in [5.74, 6) is 0. The fraction of sp³-hybridized carbons (Fsp3) is 0.417. The molecule has 0 heterocycles. The van der Waals surface area contributed by atoms with Gasteiger partial charge in [0.25, 0.3) is 0 Å². The molecule has 0 aliphatic carbocycles. The second-order valence-corrected chi connectivity index (χ2v) is 3.47. The molecule has 74 valence electrons. The highest BCUT2D eigenvalue weighted by atomic mass is 32.1. The van der Waals surface area contributed by atoms with Crippen LogP contribution >= 0.6 is 12.2 Å². The molecular weight excluding hydrogens is 190 g/mol. The minimum Gasteiger partial charge on any atom is -0.224 e. The van der Waals surface area contributed by atoms with Gasteiger partial charge in [0, 0.05) is 0 Å². The number of rotatable bonds is 5. The van der Waals surface area contributed by atoms with Gasteiger partial charge < -0.3 is 0 Å². The molecule has 1 unspecified atom stereocenters. The van der Waals surface area contributed by atoms with Gasteiger partial charge in [-0.25, -0.2) is 4.99 Å². The normalized spacial score (nSPS) is 11.8. The average Bonchev–Trinajstić information content (AvgIpc) is 2.25. The highest BCUT2D eigenvalue weighted by molar-refractivity contribution is 7.78. The summed E-state index contributed by atoms with van der Waals surface area (Å²) in [6.07, 6.45) is 3.43. The van der Waals surface area contributed by atoms with E-state index in [0.717, 1.165) is 6.42 Å². The lowest BCUT2D eigenvalue weighted by atomic mass is 10.0. The van der Waals surface area contributed by atoms with Crippen molar-refractivity contribution in [3.63, 3.8) is 0 Å². The summed E-state index contributed by atoms with van der Waals surface area (Å²) in [6, 6.07) is 10.5. The molecule has 0 aromatic heterocycles. The predicted octanol–water partition coefficient (Wildman–Crippen LogP) is 4.02. The Balaban J connectivity index is 2.72. The molecule has 1 aromatic rings. The van der Waals surface area contributed by atoms with Crippen molar-refractivity contribution in [2.75, 3.05) is 0 Å². The highest BCUT2D eigenvalue weighted by Gasteiger charge is 2.07. The van der Waals surface area contributed by atoms with Crippen molar-refractivity contribution in [1.29, 1.82) is 0 Å². The lowest BCUT2D eigenvalue weighted by molar-refractivity contribution is 0.608. The summed E-state index contributed by atoms with van der Waals surface area (Å²) in [4.78, 5) is 4.20. The fourth-order valence-electron chi connectivity index (χ4n) is 1.44. The van der Waals surface area contributed by atoms with E-state index in [4.69, 9.17) is 0 Å². The van der Waals surface area contributed by atoms with Crippen LogP contribution in [0.4, 0.5) is 0 Å². The first-order chi connectivity index (χ1) is 6.88. The molecule has 0 N–H and O–H groups in total. The Morgan fingerprint density at radius 2 is 2.07 bits per heavy atom. The summed E-state index contributed by atoms with van der Waals surface area (Å²) in [5.41, 5.74) is 1.23. The number of isothiocyanates is 1. The summed E-state index contributed by atoms with van der Waals surface area (Å²) in [6.45, 7) is 2.18. The van der Waals surface area contributed by atoms with Crippen LogP contribution in [0.1, 0.15) is 37.8 Å². The van der Waals surface area contributed by atoms with Crippen LogP contribution in [-0.4, -0.2) is 5.16 Å². The van der Waals surface area contributed by atoms with E-state index in [0.29, 0.717) is 0 Å². The van der Waals surface area contributed by atoms with Gasteiger partial charge in [0.1, 0.15) is 0 Å². The first-order valence-corrected chi connectivity index (χ1v) is 5.41. The minimum absolute atomic E-state index is 0.202. The van der Waals surface area contributed by atoms with Crippen LogP contribution in [0.2, 0.25) is 0 Å². The van der Waals surface area contributed by atoms with Crippen molar-refractivity contribution < 1.29 is 0 Å². The molecule has 0 aliphatic heterocycles. The van der Waals surface area contributed by atoms with Crippen LogP contribution in [0.15, 0.2) is 35.3 Å². The SMILES string of the molecule is CCCCC(N=C=S)c1ccccc1. The lowest BCUT2D eigenvalue weighted by Gasteiger charge is -2.09. The zero-order valence-corrected chi connectivity index (χ0v) is 9.26. The van der Waals surface area contributed by atoms with Crippen LogP contribution < -0.4 is 0 Å². The fourth-order valence-corrected chi connectivity index (χ4v) is 1.57. The molecular formula is C12H15NS. The quantitative estimate of drug-likeness (QED) is 0.522. The predicted molar refractivity (Wildman–Crippen MR) is 63.7 cm³/mol. The third-order valence-electron chi connectivity index (χ3n) is 2.22. The number of benzene rings is 1. The van der Waals surface area contributed by atoms with Crippen molar-refractivity contribution in [2.24, 2.45) is 4.99 Å². The zero-order chi connectivity index (χ0) is 10.2. The van der Waals surface area contributed by atoms with Crippen LogP contribution in [0.25, 0.3) is 0 Å². The van der Waals surface area contributed by atoms with Gasteiger partial charge in [-0.15, -0.1) is 0 Å². The third-order valence-corrected chi connectivity index (χ3v) is 2.33. The van der Waals surface area contributed by atoms with Crippen molar-refractivity contribution in [2.45, 2.75) is 32.2 Å². The monoisotopic (exact) mass is 205 g/mol. The Morgan fingerprint density at radius 1 is 1.36 bits per heavy atom. The van der Waals surface area contributed by atoms with Crippen molar-refractivity contribution in [3.05, 3.63) is 35.9 Å². The van der Waals surface area contributed by atoms with Crippen LogP contribution in [0.3, 0.4) is 0 Å². The Hall–Kier alpha value is -0.980. The molecule has 1 atom stereocenters. The topological polar surface area (TPSA) is 12.4 Å². The van der Waals surface area contributed by atoms with Crippen molar-refractivity contribution in [1.82, 2.24) is 0 Å². The maximum atomic E-state index is 4.66. The van der Waals surface area contributed by atoms with E-state index >= 15 is 0 Å². The van der Waals surface area contributed by atoms with E-state index in [9.17, 15) is 0 Å². The minimum atomic E-state index is 0.202. The summed E-state index contributed by atoms with van der Waals surface area (Å²) in [5, 5.41) is 2.48. The molecule has 1 rings (SSSR count). The molecule has 0 saturated heterocycles. The molecule has 0 amide bonds. The maximum Gasteiger partial charge on any atom is 0.0852 e. The van der Waals surface area contributed by atoms with Gasteiger partial charge in [0.2, 0.25) is 0 Å². The van der Waals surface area contributed by atoms with Gasteiger partial charge in [-0.3, -0.25) is 0 Å². The molecule has 0 radical (unpaired) electrons. The van der Waals surface area contributed by atoms with Gasteiger partial charge in [0.15, 0.2) is 0 Å². The zero-order valence-electron chi connectivity index (χ0n) is 8.44. The molecule has 0 bridgehead atoms. The van der Waals surface area contributed by atoms with E-state index in [1.165, 1.54) is 18.4 Å². The molecule has 0 saturated carbocycles. The maximum absolute atomic E-state index is 4.66. The van der Waals surface area contributed by atoms with Gasteiger partial charge >= 0.3 is 0 Å². The van der Waals surface area contributed by atoms with Gasteiger partial charge in [-0.1, -0.05) is 50.1 Å². The van der Waals surface area contributed by atoms with Crippen molar-refractivity contribution in [3.8, 4) is 0 Å². The highest BCUT2D eigenvalue weighted by Crippen LogP contribution is 2.22. The smallest absolute Gasteiger partial charge is 0.0852 e. The first-order valence-electron chi connectivity index (χ1n) is 5.00. The van der Waals surface area contributed by atoms with Gasteiger partial charge in [-0.05, 0) is 24.2 Å². The Kier molecular flexibility index (Phi) is 5.13. The molecule has 0 spiro atoms. The Labute approximate surface area is 90.9 Å². The number of hydrogen-bond donors (Lipinski definition) is 0. The summed E-state index contributed by atoms with van der Waals surface area (Å²) in [7, 11) is 0. The number of aliphatic imine (C=N–C) groups is 1. The van der Waals surface area contributed by atoms with Gasteiger partial charge in [-0.2, -0.15) is 0 Å². The standard InChI is InChI=1S/C12H15NS/c1-2-3-9-12(13-10-14)11-7-5-4-6-8-11/h4-8,12H,2-3,9H2,1H3. The van der Waals surface area contributed by atoms with E-state index in [-0.39, 0.29) is 6.04 Å². The second kappa shape index (κ2) is 6.47. The summed E-state index contributed by atoms with van der Waals surface area (Å²) < 4.78 is 0. The summed E-state index contributed by atoms with van der Waals surface area (Å²) >= 11 is 4.66. The second-order valence-electron chi connectivity index (χ2n) is 3.29. The third kappa shape index (κ3) is 3.41. The lowest BCUT2D eigenvalue weighted by Crippen LogP contribution is -1.94. The van der Waals surface area contributed by atoms with Crippen LogP contribution in [0, 0.1) is 0 Å². The number of thiocarbonyl (C=S) groups is 1. The van der Waals surface area contributed by atoms with Crippen LogP contribution in [0.5, 0.6) is 0 Å². The first kappa shape index (κ1) is 11.1. The number of nitrogens with zero attached hydrogens (tertiary/aromatic N) is 1. The average molecular weight is 205 g/mol. The molecule has 2 heteroatoms. The number of unbranched alkanes of at least 4 members (excludes halogenated alkanes) is 1. The van der Waals surface area contributed by atoms with E-state index in [1.807, 2.05) is 18.2 Å². The molecule has 14 heavy (non-hydrogen) atoms. The molecule has 1 nitrogen and oxygen atoms in total. The Bertz CT molecular complexity index is 301. The number of hydrogen-bond acceptors (Lipinski definition) is 2.